The minimum absolute atomic E-state index is 0.00445. The van der Waals surface area contributed by atoms with Gasteiger partial charge in [0.2, 0.25) is 5.91 Å². The van der Waals surface area contributed by atoms with E-state index >= 15 is 0 Å². The standard InChI is InChI=1S/C17H12ClN3O4/c18-10-3-1-5-12(7-10)21-16(24)14(15(23)20-17(21)25)9-19-11-4-2-6-13(22)8-11/h1-9,14,22H,(H,20,23,25). The van der Waals surface area contributed by atoms with E-state index in [9.17, 15) is 19.5 Å². The van der Waals surface area contributed by atoms with Gasteiger partial charge in [0.05, 0.1) is 11.4 Å². The first-order valence-corrected chi connectivity index (χ1v) is 7.61. The zero-order valence-corrected chi connectivity index (χ0v) is 13.5. The highest BCUT2D eigenvalue weighted by atomic mass is 35.5. The van der Waals surface area contributed by atoms with Crippen LogP contribution < -0.4 is 10.2 Å². The molecule has 0 spiro atoms. The third-order valence-electron chi connectivity index (χ3n) is 3.47. The van der Waals surface area contributed by atoms with Gasteiger partial charge in [-0.3, -0.25) is 19.9 Å². The van der Waals surface area contributed by atoms with Crippen LogP contribution >= 0.6 is 11.6 Å². The van der Waals surface area contributed by atoms with Gasteiger partial charge in [-0.1, -0.05) is 23.7 Å². The number of phenols is 1. The van der Waals surface area contributed by atoms with Crippen LogP contribution in [0.15, 0.2) is 53.5 Å². The molecular weight excluding hydrogens is 346 g/mol. The maximum absolute atomic E-state index is 12.6. The third-order valence-corrected chi connectivity index (χ3v) is 3.71. The third kappa shape index (κ3) is 3.51. The van der Waals surface area contributed by atoms with Crippen LogP contribution in [0.2, 0.25) is 5.02 Å². The Morgan fingerprint density at radius 1 is 1.12 bits per heavy atom. The average Bonchev–Trinajstić information content (AvgIpc) is 2.54. The van der Waals surface area contributed by atoms with E-state index in [4.69, 9.17) is 11.6 Å². The van der Waals surface area contributed by atoms with Crippen molar-refractivity contribution in [3.8, 4) is 5.75 Å². The first kappa shape index (κ1) is 16.7. The fourth-order valence-corrected chi connectivity index (χ4v) is 2.50. The molecule has 1 heterocycles. The van der Waals surface area contributed by atoms with Crippen molar-refractivity contribution >= 4 is 47.0 Å². The van der Waals surface area contributed by atoms with Gasteiger partial charge in [0.1, 0.15) is 5.75 Å². The maximum atomic E-state index is 12.6. The van der Waals surface area contributed by atoms with E-state index in [2.05, 4.69) is 10.3 Å². The quantitative estimate of drug-likeness (QED) is 0.651. The molecule has 2 aromatic carbocycles. The Hall–Kier alpha value is -3.19. The summed E-state index contributed by atoms with van der Waals surface area (Å²) in [7, 11) is 0. The molecule has 0 radical (unpaired) electrons. The molecule has 0 bridgehead atoms. The number of barbiturate groups is 1. The molecule has 1 fully saturated rings. The maximum Gasteiger partial charge on any atom is 0.335 e. The molecular formula is C17H12ClN3O4. The molecule has 3 rings (SSSR count). The van der Waals surface area contributed by atoms with Crippen LogP contribution in [0.5, 0.6) is 5.75 Å². The number of aliphatic imine (C=N–C) groups is 1. The summed E-state index contributed by atoms with van der Waals surface area (Å²) in [4.78, 5) is 41.5. The zero-order chi connectivity index (χ0) is 18.0. The second kappa shape index (κ2) is 6.74. The number of phenolic OH excluding ortho intramolecular Hbond substituents is 1. The van der Waals surface area contributed by atoms with Gasteiger partial charge < -0.3 is 5.11 Å². The predicted molar refractivity (Wildman–Crippen MR) is 92.2 cm³/mol. The number of carbonyl (C=O) groups excluding carboxylic acids is 3. The number of nitrogens with one attached hydrogen (secondary N) is 1. The largest absolute Gasteiger partial charge is 0.508 e. The minimum atomic E-state index is -1.28. The summed E-state index contributed by atoms with van der Waals surface area (Å²) in [6, 6.07) is 11.3. The Labute approximate surface area is 147 Å². The summed E-state index contributed by atoms with van der Waals surface area (Å²) < 4.78 is 0. The number of hydrogen-bond donors (Lipinski definition) is 2. The highest BCUT2D eigenvalue weighted by molar-refractivity contribution is 6.34. The van der Waals surface area contributed by atoms with Crippen LogP contribution in [-0.2, 0) is 9.59 Å². The van der Waals surface area contributed by atoms with Crippen LogP contribution in [0.4, 0.5) is 16.2 Å². The van der Waals surface area contributed by atoms with E-state index in [0.29, 0.717) is 10.7 Å². The smallest absolute Gasteiger partial charge is 0.335 e. The highest BCUT2D eigenvalue weighted by Gasteiger charge is 2.40. The Balaban J connectivity index is 1.90. The van der Waals surface area contributed by atoms with Crippen LogP contribution in [-0.4, -0.2) is 29.2 Å². The van der Waals surface area contributed by atoms with Crippen molar-refractivity contribution in [1.82, 2.24) is 5.32 Å². The number of benzene rings is 2. The lowest BCUT2D eigenvalue weighted by molar-refractivity contribution is -0.131. The summed E-state index contributed by atoms with van der Waals surface area (Å²) >= 11 is 5.89. The van der Waals surface area contributed by atoms with E-state index in [1.807, 2.05) is 0 Å². The normalized spacial score (nSPS) is 17.9. The van der Waals surface area contributed by atoms with Gasteiger partial charge in [0.15, 0.2) is 5.92 Å². The molecule has 4 amide bonds. The van der Waals surface area contributed by atoms with Gasteiger partial charge in [-0.15, -0.1) is 0 Å². The number of halogens is 1. The van der Waals surface area contributed by atoms with E-state index in [1.165, 1.54) is 24.3 Å². The predicted octanol–water partition coefficient (Wildman–Crippen LogP) is 2.65. The SMILES string of the molecule is O=C1NC(=O)N(c2cccc(Cl)c2)C(=O)C1C=Nc1cccc(O)c1. The van der Waals surface area contributed by atoms with Crippen molar-refractivity contribution in [2.45, 2.75) is 0 Å². The molecule has 0 saturated carbocycles. The van der Waals surface area contributed by atoms with Gasteiger partial charge in [-0.05, 0) is 30.3 Å². The number of hydrogen-bond acceptors (Lipinski definition) is 5. The Morgan fingerprint density at radius 2 is 1.88 bits per heavy atom. The van der Waals surface area contributed by atoms with Gasteiger partial charge in [-0.25, -0.2) is 9.69 Å². The lowest BCUT2D eigenvalue weighted by atomic mass is 10.1. The van der Waals surface area contributed by atoms with Crippen molar-refractivity contribution in [3.63, 3.8) is 0 Å². The van der Waals surface area contributed by atoms with Crippen molar-refractivity contribution in [1.29, 1.82) is 0 Å². The number of rotatable bonds is 3. The molecule has 1 atom stereocenters. The lowest BCUT2D eigenvalue weighted by Crippen LogP contribution is -2.58. The molecule has 0 aromatic heterocycles. The number of carbonyl (C=O) groups is 3. The molecule has 8 heteroatoms. The van der Waals surface area contributed by atoms with Crippen molar-refractivity contribution in [2.24, 2.45) is 10.9 Å². The number of anilines is 1. The number of imide groups is 2. The second-order valence-corrected chi connectivity index (χ2v) is 5.66. The molecule has 2 aromatic rings. The highest BCUT2D eigenvalue weighted by Crippen LogP contribution is 2.24. The average molecular weight is 358 g/mol. The van der Waals surface area contributed by atoms with E-state index < -0.39 is 23.8 Å². The molecule has 126 valence electrons. The molecule has 0 aliphatic carbocycles. The van der Waals surface area contributed by atoms with E-state index in [1.54, 1.807) is 24.3 Å². The second-order valence-electron chi connectivity index (χ2n) is 5.22. The van der Waals surface area contributed by atoms with Crippen LogP contribution in [0.3, 0.4) is 0 Å². The van der Waals surface area contributed by atoms with Crippen molar-refractivity contribution in [2.75, 3.05) is 4.90 Å². The van der Waals surface area contributed by atoms with Crippen LogP contribution in [0.25, 0.3) is 0 Å². The summed E-state index contributed by atoms with van der Waals surface area (Å²) in [5.41, 5.74) is 0.616. The monoisotopic (exact) mass is 357 g/mol. The van der Waals surface area contributed by atoms with Crippen LogP contribution in [0.1, 0.15) is 0 Å². The molecule has 25 heavy (non-hydrogen) atoms. The Kier molecular flexibility index (Phi) is 4.49. The lowest BCUT2D eigenvalue weighted by Gasteiger charge is -2.28. The van der Waals surface area contributed by atoms with Crippen LogP contribution in [0, 0.1) is 5.92 Å². The Bertz CT molecular complexity index is 897. The molecule has 7 nitrogen and oxygen atoms in total. The molecule has 2 N–H and O–H groups in total. The number of urea groups is 1. The van der Waals surface area contributed by atoms with E-state index in [0.717, 1.165) is 11.1 Å². The summed E-state index contributed by atoms with van der Waals surface area (Å²) in [6.45, 7) is 0. The fourth-order valence-electron chi connectivity index (χ4n) is 2.32. The summed E-state index contributed by atoms with van der Waals surface area (Å²) in [6.07, 6.45) is 1.14. The molecule has 1 unspecified atom stereocenters. The summed E-state index contributed by atoms with van der Waals surface area (Å²) in [5, 5.41) is 11.9. The Morgan fingerprint density at radius 3 is 2.60 bits per heavy atom. The van der Waals surface area contributed by atoms with Crippen molar-refractivity contribution in [3.05, 3.63) is 53.6 Å². The fraction of sp³-hybridized carbons (Fsp3) is 0.0588. The molecule has 1 saturated heterocycles. The van der Waals surface area contributed by atoms with E-state index in [-0.39, 0.29) is 11.4 Å². The number of aromatic hydroxyl groups is 1. The molecule has 1 aliphatic heterocycles. The number of nitrogens with zero attached hydrogens (tertiary/aromatic N) is 2. The summed E-state index contributed by atoms with van der Waals surface area (Å²) in [5.74, 6) is -2.78. The first-order valence-electron chi connectivity index (χ1n) is 7.23. The van der Waals surface area contributed by atoms with Gasteiger partial charge in [-0.2, -0.15) is 0 Å². The number of amides is 4. The molecule has 1 aliphatic rings. The minimum Gasteiger partial charge on any atom is -0.508 e. The topological polar surface area (TPSA) is 99.1 Å². The van der Waals surface area contributed by atoms with Gasteiger partial charge >= 0.3 is 6.03 Å². The van der Waals surface area contributed by atoms with Crippen molar-refractivity contribution < 1.29 is 19.5 Å². The van der Waals surface area contributed by atoms with Gasteiger partial charge in [0, 0.05) is 17.3 Å². The zero-order valence-electron chi connectivity index (χ0n) is 12.7. The first-order chi connectivity index (χ1) is 12.0. The van der Waals surface area contributed by atoms with Gasteiger partial charge in [0.25, 0.3) is 5.91 Å².